The SMILES string of the molecule is O=C(/C=C/c1ccc([N+](=O)[O-])cc1)C(C(=O)/C=C/c1ccc([N+](=O)[O-])cc1)=C1SCCCCS1. The number of hydrogen-bond acceptors (Lipinski definition) is 8. The highest BCUT2D eigenvalue weighted by molar-refractivity contribution is 8.22. The van der Waals surface area contributed by atoms with Gasteiger partial charge < -0.3 is 0 Å². The lowest BCUT2D eigenvalue weighted by Gasteiger charge is -2.08. The Kier molecular flexibility index (Phi) is 8.94. The molecule has 1 heterocycles. The number of nitro benzene ring substituents is 2. The Labute approximate surface area is 204 Å². The highest BCUT2D eigenvalue weighted by atomic mass is 32.2. The molecule has 3 rings (SSSR count). The lowest BCUT2D eigenvalue weighted by atomic mass is 10.1. The van der Waals surface area contributed by atoms with Crippen LogP contribution in [-0.2, 0) is 9.59 Å². The predicted octanol–water partition coefficient (Wildman–Crippen LogP) is 5.84. The number of carbonyl (C=O) groups is 2. The fourth-order valence-corrected chi connectivity index (χ4v) is 5.56. The fraction of sp³-hybridized carbons (Fsp3) is 0.167. The summed E-state index contributed by atoms with van der Waals surface area (Å²) in [5, 5.41) is 21.6. The number of nitrogens with zero attached hydrogens (tertiary/aromatic N) is 2. The van der Waals surface area contributed by atoms with Crippen molar-refractivity contribution in [1.82, 2.24) is 0 Å². The molecule has 10 heteroatoms. The summed E-state index contributed by atoms with van der Waals surface area (Å²) in [4.78, 5) is 46.7. The highest BCUT2D eigenvalue weighted by Crippen LogP contribution is 2.37. The number of non-ortho nitro benzene ring substituents is 2. The average Bonchev–Trinajstić information content (AvgIpc) is 3.11. The Morgan fingerprint density at radius 1 is 0.706 bits per heavy atom. The number of benzene rings is 2. The van der Waals surface area contributed by atoms with Crippen LogP contribution in [0.5, 0.6) is 0 Å². The van der Waals surface area contributed by atoms with Gasteiger partial charge in [-0.15, -0.1) is 23.5 Å². The zero-order chi connectivity index (χ0) is 24.5. The molecule has 1 fully saturated rings. The zero-order valence-corrected chi connectivity index (χ0v) is 19.6. The van der Waals surface area contributed by atoms with Crippen molar-refractivity contribution < 1.29 is 19.4 Å². The molecule has 0 saturated carbocycles. The second kappa shape index (κ2) is 12.1. The van der Waals surface area contributed by atoms with E-state index in [1.165, 1.54) is 96.4 Å². The van der Waals surface area contributed by atoms with Crippen molar-refractivity contribution >= 4 is 58.6 Å². The van der Waals surface area contributed by atoms with Gasteiger partial charge in [-0.05, 0) is 71.9 Å². The molecule has 0 N–H and O–H groups in total. The largest absolute Gasteiger partial charge is 0.289 e. The number of carbonyl (C=O) groups excluding carboxylic acids is 2. The van der Waals surface area contributed by atoms with Gasteiger partial charge in [0, 0.05) is 24.3 Å². The lowest BCUT2D eigenvalue weighted by Crippen LogP contribution is -2.10. The van der Waals surface area contributed by atoms with Crippen LogP contribution in [0.3, 0.4) is 0 Å². The van der Waals surface area contributed by atoms with Gasteiger partial charge in [-0.3, -0.25) is 29.8 Å². The van der Waals surface area contributed by atoms with E-state index in [4.69, 9.17) is 0 Å². The van der Waals surface area contributed by atoms with Gasteiger partial charge in [-0.1, -0.05) is 12.2 Å². The van der Waals surface area contributed by atoms with Crippen LogP contribution >= 0.6 is 23.5 Å². The molecule has 174 valence electrons. The van der Waals surface area contributed by atoms with Crippen LogP contribution in [0.1, 0.15) is 24.0 Å². The molecule has 1 saturated heterocycles. The van der Waals surface area contributed by atoms with Crippen molar-refractivity contribution in [3.63, 3.8) is 0 Å². The second-order valence-corrected chi connectivity index (χ2v) is 9.63. The summed E-state index contributed by atoms with van der Waals surface area (Å²) in [6, 6.07) is 11.5. The van der Waals surface area contributed by atoms with E-state index in [-0.39, 0.29) is 16.9 Å². The van der Waals surface area contributed by atoms with Crippen LogP contribution < -0.4 is 0 Å². The molecule has 0 aromatic heterocycles. The molecule has 0 spiro atoms. The molecule has 1 aliphatic rings. The maximum absolute atomic E-state index is 13.1. The molecule has 2 aromatic rings. The minimum absolute atomic E-state index is 0.0518. The first-order chi connectivity index (χ1) is 16.3. The van der Waals surface area contributed by atoms with Gasteiger partial charge in [0.05, 0.1) is 19.7 Å². The zero-order valence-electron chi connectivity index (χ0n) is 17.9. The number of hydrogen-bond donors (Lipinski definition) is 0. The maximum Gasteiger partial charge on any atom is 0.269 e. The van der Waals surface area contributed by atoms with Crippen molar-refractivity contribution in [2.24, 2.45) is 0 Å². The van der Waals surface area contributed by atoms with E-state index < -0.39 is 21.4 Å². The van der Waals surface area contributed by atoms with Gasteiger partial charge in [0.1, 0.15) is 0 Å². The van der Waals surface area contributed by atoms with E-state index in [0.717, 1.165) is 24.3 Å². The first kappa shape index (κ1) is 25.1. The average molecular weight is 497 g/mol. The van der Waals surface area contributed by atoms with E-state index >= 15 is 0 Å². The molecule has 2 aromatic carbocycles. The number of allylic oxidation sites excluding steroid dienone is 3. The molecule has 34 heavy (non-hydrogen) atoms. The molecule has 0 aliphatic carbocycles. The van der Waals surface area contributed by atoms with Gasteiger partial charge in [0.15, 0.2) is 11.6 Å². The summed E-state index contributed by atoms with van der Waals surface area (Å²) in [5.74, 6) is 0.719. The first-order valence-electron chi connectivity index (χ1n) is 10.3. The van der Waals surface area contributed by atoms with Gasteiger partial charge >= 0.3 is 0 Å². The minimum atomic E-state index is -0.502. The van der Waals surface area contributed by atoms with E-state index in [9.17, 15) is 29.8 Å². The molecule has 0 unspecified atom stereocenters. The van der Waals surface area contributed by atoms with E-state index in [1.807, 2.05) is 0 Å². The highest BCUT2D eigenvalue weighted by Gasteiger charge is 2.22. The van der Waals surface area contributed by atoms with E-state index in [1.54, 1.807) is 0 Å². The molecule has 0 amide bonds. The first-order valence-corrected chi connectivity index (χ1v) is 12.3. The Hall–Kier alpha value is -3.50. The van der Waals surface area contributed by atoms with Crippen LogP contribution in [0.4, 0.5) is 11.4 Å². The quantitative estimate of drug-likeness (QED) is 0.147. The summed E-state index contributed by atoms with van der Waals surface area (Å²) in [7, 11) is 0. The van der Waals surface area contributed by atoms with Crippen molar-refractivity contribution in [3.05, 3.63) is 102 Å². The van der Waals surface area contributed by atoms with Crippen LogP contribution in [0.25, 0.3) is 12.2 Å². The van der Waals surface area contributed by atoms with Crippen LogP contribution in [0.2, 0.25) is 0 Å². The van der Waals surface area contributed by atoms with Crippen molar-refractivity contribution in [2.75, 3.05) is 11.5 Å². The van der Waals surface area contributed by atoms with Gasteiger partial charge in [0.25, 0.3) is 11.4 Å². The third-order valence-corrected chi connectivity index (χ3v) is 7.39. The molecule has 1 aliphatic heterocycles. The standard InChI is InChI=1S/C24H20N2O6S2/c27-21(13-7-17-3-9-19(10-4-17)25(29)30)23(24-33-15-1-2-16-34-24)22(28)14-8-18-5-11-20(12-6-18)26(31)32/h3-14H,1-2,15-16H2/b13-7+,14-8+. The van der Waals surface area contributed by atoms with Gasteiger partial charge in [0.2, 0.25) is 0 Å². The third-order valence-electron chi connectivity index (χ3n) is 4.76. The predicted molar refractivity (Wildman–Crippen MR) is 135 cm³/mol. The fourth-order valence-electron chi connectivity index (χ4n) is 2.97. The minimum Gasteiger partial charge on any atom is -0.289 e. The van der Waals surface area contributed by atoms with Crippen molar-refractivity contribution in [3.8, 4) is 0 Å². The van der Waals surface area contributed by atoms with Crippen molar-refractivity contribution in [1.29, 1.82) is 0 Å². The smallest absolute Gasteiger partial charge is 0.269 e. The molecular formula is C24H20N2O6S2. The number of thioether (sulfide) groups is 2. The van der Waals surface area contributed by atoms with Gasteiger partial charge in [-0.25, -0.2) is 0 Å². The van der Waals surface area contributed by atoms with Gasteiger partial charge in [-0.2, -0.15) is 0 Å². The molecule has 0 atom stereocenters. The summed E-state index contributed by atoms with van der Waals surface area (Å²) >= 11 is 2.97. The van der Waals surface area contributed by atoms with Crippen LogP contribution in [0.15, 0.2) is 70.5 Å². The Morgan fingerprint density at radius 3 is 1.44 bits per heavy atom. The Balaban J connectivity index is 1.84. The van der Waals surface area contributed by atoms with Crippen LogP contribution in [-0.4, -0.2) is 32.9 Å². The van der Waals surface area contributed by atoms with E-state index in [2.05, 4.69) is 0 Å². The Bertz CT molecular complexity index is 1090. The number of rotatable bonds is 8. The second-order valence-electron chi connectivity index (χ2n) is 7.16. The topological polar surface area (TPSA) is 120 Å². The summed E-state index contributed by atoms with van der Waals surface area (Å²) in [5.41, 5.74) is 1.16. The third kappa shape index (κ3) is 7.00. The molecule has 8 nitrogen and oxygen atoms in total. The molecule has 0 radical (unpaired) electrons. The van der Waals surface area contributed by atoms with E-state index in [0.29, 0.717) is 15.4 Å². The molecule has 0 bridgehead atoms. The lowest BCUT2D eigenvalue weighted by molar-refractivity contribution is -0.385. The van der Waals surface area contributed by atoms with Crippen molar-refractivity contribution in [2.45, 2.75) is 12.8 Å². The molecular weight excluding hydrogens is 476 g/mol. The Morgan fingerprint density at radius 2 is 1.09 bits per heavy atom. The maximum atomic E-state index is 13.1. The monoisotopic (exact) mass is 496 g/mol. The number of ketones is 2. The number of nitro groups is 2. The summed E-state index contributed by atoms with van der Waals surface area (Å²) < 4.78 is 0.675. The van der Waals surface area contributed by atoms with Crippen LogP contribution in [0, 0.1) is 20.2 Å². The summed E-state index contributed by atoms with van der Waals surface area (Å²) in [6.45, 7) is 0. The normalized spacial score (nSPS) is 14.2. The summed E-state index contributed by atoms with van der Waals surface area (Å²) in [6.07, 6.45) is 7.63.